The predicted octanol–water partition coefficient (Wildman–Crippen LogP) is 2.56. The van der Waals surface area contributed by atoms with E-state index in [9.17, 15) is 18.0 Å². The van der Waals surface area contributed by atoms with Crippen molar-refractivity contribution >= 4 is 11.8 Å². The molecule has 0 bridgehead atoms. The predicted molar refractivity (Wildman–Crippen MR) is 72.3 cm³/mol. The minimum Gasteiger partial charge on any atom is -0.476 e. The van der Waals surface area contributed by atoms with Crippen LogP contribution in [0.3, 0.4) is 0 Å². The summed E-state index contributed by atoms with van der Waals surface area (Å²) in [6.45, 7) is -0.405. The SMILES string of the molecule is O=C(O)c1cc(N2CCC(F)(F)C2)n(-c2ccc(F)cc2)n1. The molecule has 1 aliphatic rings. The van der Waals surface area contributed by atoms with Crippen molar-refractivity contribution in [2.45, 2.75) is 12.3 Å². The molecule has 0 spiro atoms. The number of rotatable bonds is 3. The van der Waals surface area contributed by atoms with Crippen LogP contribution in [0.4, 0.5) is 19.0 Å². The molecule has 1 aromatic heterocycles. The standard InChI is InChI=1S/C14H12F3N3O2/c15-9-1-3-10(4-2-9)20-12(7-11(18-20)13(21)22)19-6-5-14(16,17)8-19/h1-4,7H,5-6,8H2,(H,21,22). The van der Waals surface area contributed by atoms with Gasteiger partial charge in [-0.15, -0.1) is 0 Å². The average molecular weight is 311 g/mol. The van der Waals surface area contributed by atoms with E-state index < -0.39 is 24.3 Å². The Balaban J connectivity index is 2.05. The molecule has 0 atom stereocenters. The number of hydrogen-bond donors (Lipinski definition) is 1. The van der Waals surface area contributed by atoms with Crippen LogP contribution in [0, 0.1) is 5.82 Å². The van der Waals surface area contributed by atoms with Crippen LogP contribution in [-0.2, 0) is 0 Å². The summed E-state index contributed by atoms with van der Waals surface area (Å²) in [5, 5.41) is 13.0. The van der Waals surface area contributed by atoms with Gasteiger partial charge in [-0.1, -0.05) is 0 Å². The molecule has 5 nitrogen and oxygen atoms in total. The largest absolute Gasteiger partial charge is 0.476 e. The Labute approximate surface area is 123 Å². The van der Waals surface area contributed by atoms with Gasteiger partial charge in [-0.3, -0.25) is 0 Å². The molecule has 22 heavy (non-hydrogen) atoms. The molecule has 2 aromatic rings. The maximum Gasteiger partial charge on any atom is 0.356 e. The van der Waals surface area contributed by atoms with Gasteiger partial charge in [-0.05, 0) is 24.3 Å². The molecule has 0 radical (unpaired) electrons. The number of nitrogens with zero attached hydrogens (tertiary/aromatic N) is 3. The number of hydrogen-bond acceptors (Lipinski definition) is 3. The lowest BCUT2D eigenvalue weighted by molar-refractivity contribution is 0.0256. The highest BCUT2D eigenvalue weighted by Crippen LogP contribution is 2.32. The van der Waals surface area contributed by atoms with E-state index in [1.807, 2.05) is 0 Å². The zero-order valence-electron chi connectivity index (χ0n) is 11.3. The molecule has 1 N–H and O–H groups in total. The van der Waals surface area contributed by atoms with Crippen LogP contribution < -0.4 is 4.90 Å². The van der Waals surface area contributed by atoms with E-state index in [2.05, 4.69) is 5.10 Å². The van der Waals surface area contributed by atoms with Gasteiger partial charge in [-0.25, -0.2) is 22.6 Å². The summed E-state index contributed by atoms with van der Waals surface area (Å²) >= 11 is 0. The number of carboxylic acid groups (broad SMARTS) is 1. The van der Waals surface area contributed by atoms with Crippen molar-refractivity contribution in [3.63, 3.8) is 0 Å². The minimum absolute atomic E-state index is 0.0962. The van der Waals surface area contributed by atoms with Crippen molar-refractivity contribution in [2.75, 3.05) is 18.0 Å². The third-order valence-electron chi connectivity index (χ3n) is 3.47. The summed E-state index contributed by atoms with van der Waals surface area (Å²) in [7, 11) is 0. The van der Waals surface area contributed by atoms with Crippen molar-refractivity contribution in [3.8, 4) is 5.69 Å². The maximum atomic E-state index is 13.4. The topological polar surface area (TPSA) is 58.4 Å². The van der Waals surface area contributed by atoms with E-state index in [-0.39, 0.29) is 24.5 Å². The number of halogens is 3. The van der Waals surface area contributed by atoms with E-state index in [0.717, 1.165) is 0 Å². The van der Waals surface area contributed by atoms with Gasteiger partial charge in [0.25, 0.3) is 5.92 Å². The first kappa shape index (κ1) is 14.4. The Morgan fingerprint density at radius 3 is 2.50 bits per heavy atom. The van der Waals surface area contributed by atoms with Gasteiger partial charge >= 0.3 is 5.97 Å². The fourth-order valence-electron chi connectivity index (χ4n) is 2.40. The summed E-state index contributed by atoms with van der Waals surface area (Å²) in [4.78, 5) is 12.5. The van der Waals surface area contributed by atoms with Crippen LogP contribution in [0.2, 0.25) is 0 Å². The Kier molecular flexibility index (Phi) is 3.31. The Bertz CT molecular complexity index is 713. The van der Waals surface area contributed by atoms with Crippen molar-refractivity contribution in [2.24, 2.45) is 0 Å². The number of anilines is 1. The molecule has 1 fully saturated rings. The quantitative estimate of drug-likeness (QED) is 0.946. The number of carbonyl (C=O) groups is 1. The average Bonchev–Trinajstić information content (AvgIpc) is 3.03. The summed E-state index contributed by atoms with van der Waals surface area (Å²) < 4.78 is 41.0. The zero-order valence-corrected chi connectivity index (χ0v) is 11.3. The smallest absolute Gasteiger partial charge is 0.356 e. The Morgan fingerprint density at radius 1 is 1.27 bits per heavy atom. The summed E-state index contributed by atoms with van der Waals surface area (Å²) in [6.07, 6.45) is -0.302. The first-order valence-corrected chi connectivity index (χ1v) is 6.58. The summed E-state index contributed by atoms with van der Waals surface area (Å²) in [6, 6.07) is 6.45. The van der Waals surface area contributed by atoms with Gasteiger partial charge in [-0.2, -0.15) is 5.10 Å². The second-order valence-corrected chi connectivity index (χ2v) is 5.11. The van der Waals surface area contributed by atoms with E-state index in [0.29, 0.717) is 5.69 Å². The maximum absolute atomic E-state index is 13.4. The van der Waals surface area contributed by atoms with Crippen molar-refractivity contribution in [3.05, 3.63) is 41.8 Å². The van der Waals surface area contributed by atoms with Gasteiger partial charge in [0, 0.05) is 19.0 Å². The molecule has 1 saturated heterocycles. The normalized spacial score (nSPS) is 17.0. The lowest BCUT2D eigenvalue weighted by Gasteiger charge is -2.19. The van der Waals surface area contributed by atoms with E-state index in [4.69, 9.17) is 5.11 Å². The van der Waals surface area contributed by atoms with Gasteiger partial charge < -0.3 is 10.0 Å². The Hall–Kier alpha value is -2.51. The highest BCUT2D eigenvalue weighted by Gasteiger charge is 2.39. The van der Waals surface area contributed by atoms with Crippen molar-refractivity contribution in [1.29, 1.82) is 0 Å². The number of alkyl halides is 2. The lowest BCUT2D eigenvalue weighted by atomic mass is 10.3. The Morgan fingerprint density at radius 2 is 1.95 bits per heavy atom. The second kappa shape index (κ2) is 5.04. The number of aromatic carboxylic acids is 1. The van der Waals surface area contributed by atoms with Gasteiger partial charge in [0.15, 0.2) is 5.69 Å². The summed E-state index contributed by atoms with van der Waals surface area (Å²) in [5.74, 6) is -4.28. The fourth-order valence-corrected chi connectivity index (χ4v) is 2.40. The number of carboxylic acids is 1. The number of aromatic nitrogens is 2. The van der Waals surface area contributed by atoms with E-state index in [1.165, 1.54) is 39.9 Å². The molecule has 0 saturated carbocycles. The van der Waals surface area contributed by atoms with E-state index in [1.54, 1.807) is 0 Å². The van der Waals surface area contributed by atoms with Crippen molar-refractivity contribution in [1.82, 2.24) is 9.78 Å². The molecule has 8 heteroatoms. The molecular formula is C14H12F3N3O2. The minimum atomic E-state index is -2.82. The van der Waals surface area contributed by atoms with Gasteiger partial charge in [0.2, 0.25) is 0 Å². The van der Waals surface area contributed by atoms with Crippen LogP contribution in [0.15, 0.2) is 30.3 Å². The lowest BCUT2D eigenvalue weighted by Crippen LogP contribution is -2.26. The molecule has 3 rings (SSSR count). The molecule has 0 aliphatic carbocycles. The van der Waals surface area contributed by atoms with Gasteiger partial charge in [0.1, 0.15) is 11.6 Å². The highest BCUT2D eigenvalue weighted by atomic mass is 19.3. The number of benzene rings is 1. The molecule has 0 amide bonds. The molecule has 0 unspecified atom stereocenters. The van der Waals surface area contributed by atoms with Crippen molar-refractivity contribution < 1.29 is 23.1 Å². The zero-order chi connectivity index (χ0) is 15.9. The molecular weight excluding hydrogens is 299 g/mol. The molecule has 116 valence electrons. The first-order chi connectivity index (χ1) is 10.4. The van der Waals surface area contributed by atoms with Gasteiger partial charge in [0.05, 0.1) is 12.2 Å². The molecule has 1 aliphatic heterocycles. The molecule has 2 heterocycles. The van der Waals surface area contributed by atoms with Crippen LogP contribution in [0.1, 0.15) is 16.9 Å². The highest BCUT2D eigenvalue weighted by molar-refractivity contribution is 5.86. The van der Waals surface area contributed by atoms with Crippen LogP contribution in [0.5, 0.6) is 0 Å². The second-order valence-electron chi connectivity index (χ2n) is 5.11. The third-order valence-corrected chi connectivity index (χ3v) is 3.47. The first-order valence-electron chi connectivity index (χ1n) is 6.58. The van der Waals surface area contributed by atoms with Crippen LogP contribution >= 0.6 is 0 Å². The van der Waals surface area contributed by atoms with E-state index >= 15 is 0 Å². The monoisotopic (exact) mass is 311 g/mol. The van der Waals surface area contributed by atoms with Crippen LogP contribution in [-0.4, -0.2) is 39.9 Å². The summed E-state index contributed by atoms with van der Waals surface area (Å²) in [5.41, 5.74) is 0.147. The third kappa shape index (κ3) is 2.63. The fraction of sp³-hybridized carbons (Fsp3) is 0.286. The van der Waals surface area contributed by atoms with Crippen LogP contribution in [0.25, 0.3) is 5.69 Å². The molecule has 1 aromatic carbocycles.